The van der Waals surface area contributed by atoms with Crippen molar-refractivity contribution in [3.8, 4) is 17.9 Å². The smallest absolute Gasteiger partial charge is 0.262 e. The summed E-state index contributed by atoms with van der Waals surface area (Å²) in [5.74, 6) is 3.99. The zero-order valence-corrected chi connectivity index (χ0v) is 20.3. The third-order valence-corrected chi connectivity index (χ3v) is 6.07. The number of hydrogen-bond donors (Lipinski definition) is 2. The maximum Gasteiger partial charge on any atom is 0.262 e. The van der Waals surface area contributed by atoms with E-state index in [-0.39, 0.29) is 41.1 Å². The van der Waals surface area contributed by atoms with Gasteiger partial charge in [-0.25, -0.2) is 0 Å². The number of carbonyl (C=O) groups excluding carboxylic acids is 4. The van der Waals surface area contributed by atoms with E-state index in [1.807, 2.05) is 31.7 Å². The van der Waals surface area contributed by atoms with Crippen LogP contribution in [0.15, 0.2) is 34.5 Å². The third kappa shape index (κ3) is 4.84. The van der Waals surface area contributed by atoms with Crippen molar-refractivity contribution in [3.05, 3.63) is 40.6 Å². The average Bonchev–Trinajstić information content (AvgIpc) is 3.03. The van der Waals surface area contributed by atoms with Crippen LogP contribution in [0.3, 0.4) is 0 Å². The SMILES string of the molecule is CC(C)(C)N=CC(C#CC1CN(c2ccc3c(c2)C(=O)N(C2CCC(=O)NC2=O)C3=O)C1)=C(N)C#N. The zero-order chi connectivity index (χ0) is 26.2. The first-order valence-electron chi connectivity index (χ1n) is 11.6. The first kappa shape index (κ1) is 24.7. The number of carbonyl (C=O) groups is 4. The Bertz CT molecular complexity index is 1330. The molecule has 3 heterocycles. The highest BCUT2D eigenvalue weighted by molar-refractivity contribution is 6.23. The summed E-state index contributed by atoms with van der Waals surface area (Å²) in [6, 6.07) is 5.92. The van der Waals surface area contributed by atoms with Crippen LogP contribution in [0.2, 0.25) is 0 Å². The largest absolute Gasteiger partial charge is 0.389 e. The van der Waals surface area contributed by atoms with Crippen molar-refractivity contribution in [1.29, 1.82) is 5.26 Å². The Balaban J connectivity index is 1.45. The predicted molar refractivity (Wildman–Crippen MR) is 132 cm³/mol. The van der Waals surface area contributed by atoms with E-state index in [2.05, 4.69) is 22.2 Å². The first-order valence-corrected chi connectivity index (χ1v) is 11.6. The van der Waals surface area contributed by atoms with Crippen molar-refractivity contribution in [1.82, 2.24) is 10.2 Å². The second-order valence-electron chi connectivity index (χ2n) is 9.92. The highest BCUT2D eigenvalue weighted by Crippen LogP contribution is 2.32. The molecular formula is C26H26N6O4. The van der Waals surface area contributed by atoms with E-state index < -0.39 is 29.7 Å². The number of imide groups is 2. The van der Waals surface area contributed by atoms with Gasteiger partial charge in [0.25, 0.3) is 11.8 Å². The van der Waals surface area contributed by atoms with Crippen LogP contribution in [-0.2, 0) is 9.59 Å². The fourth-order valence-corrected chi connectivity index (χ4v) is 4.10. The van der Waals surface area contributed by atoms with Crippen LogP contribution in [-0.4, -0.2) is 59.4 Å². The molecule has 0 saturated carbocycles. The van der Waals surface area contributed by atoms with E-state index in [1.54, 1.807) is 18.2 Å². The minimum Gasteiger partial charge on any atom is -0.389 e. The third-order valence-electron chi connectivity index (χ3n) is 6.07. The number of allylic oxidation sites excluding steroid dienone is 2. The lowest BCUT2D eigenvalue weighted by molar-refractivity contribution is -0.136. The van der Waals surface area contributed by atoms with Crippen LogP contribution in [0.4, 0.5) is 5.69 Å². The lowest BCUT2D eigenvalue weighted by Crippen LogP contribution is -2.54. The number of aliphatic imine (C=N–C) groups is 1. The van der Waals surface area contributed by atoms with Crippen LogP contribution in [0, 0.1) is 29.1 Å². The number of nitriles is 1. The van der Waals surface area contributed by atoms with Gasteiger partial charge in [-0.1, -0.05) is 11.8 Å². The molecule has 0 aromatic heterocycles. The Labute approximate surface area is 208 Å². The molecule has 2 saturated heterocycles. The summed E-state index contributed by atoms with van der Waals surface area (Å²) in [4.78, 5) is 56.9. The van der Waals surface area contributed by atoms with Gasteiger partial charge in [-0.3, -0.25) is 34.4 Å². The first-order chi connectivity index (χ1) is 17.0. The summed E-state index contributed by atoms with van der Waals surface area (Å²) in [6.45, 7) is 6.99. The number of rotatable bonds is 3. The van der Waals surface area contributed by atoms with E-state index in [0.29, 0.717) is 18.7 Å². The number of nitrogens with two attached hydrogens (primary N) is 1. The van der Waals surface area contributed by atoms with Gasteiger partial charge in [-0.2, -0.15) is 5.26 Å². The van der Waals surface area contributed by atoms with Crippen molar-refractivity contribution >= 4 is 35.5 Å². The van der Waals surface area contributed by atoms with Gasteiger partial charge in [0, 0.05) is 31.4 Å². The molecule has 1 atom stereocenters. The van der Waals surface area contributed by atoms with Gasteiger partial charge < -0.3 is 10.6 Å². The number of nitrogens with one attached hydrogen (secondary N) is 1. The molecule has 184 valence electrons. The standard InChI is InChI=1S/C26H26N6O4/c1-26(2,3)29-12-16(20(28)11-27)5-4-15-13-31(14-15)17-6-7-18-19(10-17)25(36)32(24(18)35)21-8-9-22(33)30-23(21)34/h6-7,10,12,15,21H,8-9,13-14,28H2,1-3H3,(H,30,33,34). The summed E-state index contributed by atoms with van der Waals surface area (Å²) in [6.07, 6.45) is 1.71. The molecular weight excluding hydrogens is 460 g/mol. The minimum absolute atomic E-state index is 0.00838. The van der Waals surface area contributed by atoms with Gasteiger partial charge in [0.1, 0.15) is 17.8 Å². The van der Waals surface area contributed by atoms with Gasteiger partial charge in [-0.05, 0) is 45.4 Å². The number of piperidine rings is 1. The van der Waals surface area contributed by atoms with Crippen LogP contribution in [0.25, 0.3) is 0 Å². The molecule has 0 bridgehead atoms. The Kier molecular flexibility index (Phi) is 6.38. The molecule has 0 spiro atoms. The normalized spacial score (nSPS) is 20.9. The van der Waals surface area contributed by atoms with Crippen LogP contribution in [0.1, 0.15) is 54.3 Å². The molecule has 10 heteroatoms. The van der Waals surface area contributed by atoms with Crippen LogP contribution < -0.4 is 16.0 Å². The van der Waals surface area contributed by atoms with Gasteiger partial charge in [0.15, 0.2) is 0 Å². The molecule has 3 aliphatic rings. The summed E-state index contributed by atoms with van der Waals surface area (Å²) in [7, 11) is 0. The molecule has 1 aromatic carbocycles. The number of anilines is 1. The van der Waals surface area contributed by atoms with E-state index in [4.69, 9.17) is 11.0 Å². The second kappa shape index (κ2) is 9.31. The topological polar surface area (TPSA) is 149 Å². The van der Waals surface area contributed by atoms with E-state index in [1.165, 1.54) is 6.21 Å². The second-order valence-corrected chi connectivity index (χ2v) is 9.92. The van der Waals surface area contributed by atoms with Crippen molar-refractivity contribution in [2.24, 2.45) is 16.6 Å². The number of fused-ring (bicyclic) bond motifs is 1. The van der Waals surface area contributed by atoms with Crippen molar-refractivity contribution < 1.29 is 19.2 Å². The number of nitrogens with zero attached hydrogens (tertiary/aromatic N) is 4. The maximum atomic E-state index is 13.0. The molecule has 3 aliphatic heterocycles. The fraction of sp³-hybridized carbons (Fsp3) is 0.385. The molecule has 36 heavy (non-hydrogen) atoms. The summed E-state index contributed by atoms with van der Waals surface area (Å²) in [5, 5.41) is 11.3. The quantitative estimate of drug-likeness (QED) is 0.281. The lowest BCUT2D eigenvalue weighted by Gasteiger charge is -2.38. The Morgan fingerprint density at radius 1 is 1.17 bits per heavy atom. The summed E-state index contributed by atoms with van der Waals surface area (Å²) in [5.41, 5.74) is 7.08. The number of amides is 4. The Morgan fingerprint density at radius 2 is 1.86 bits per heavy atom. The molecule has 2 fully saturated rings. The molecule has 3 N–H and O–H groups in total. The molecule has 10 nitrogen and oxygen atoms in total. The van der Waals surface area contributed by atoms with Crippen molar-refractivity contribution in [2.45, 2.75) is 45.2 Å². The van der Waals surface area contributed by atoms with Gasteiger partial charge in [0.05, 0.1) is 28.2 Å². The number of benzene rings is 1. The van der Waals surface area contributed by atoms with Crippen LogP contribution in [0.5, 0.6) is 0 Å². The molecule has 1 unspecified atom stereocenters. The van der Waals surface area contributed by atoms with Crippen molar-refractivity contribution in [2.75, 3.05) is 18.0 Å². The lowest BCUT2D eigenvalue weighted by atomic mass is 9.98. The molecule has 0 radical (unpaired) electrons. The highest BCUT2D eigenvalue weighted by atomic mass is 16.2. The van der Waals surface area contributed by atoms with E-state index in [0.717, 1.165) is 10.6 Å². The van der Waals surface area contributed by atoms with E-state index >= 15 is 0 Å². The van der Waals surface area contributed by atoms with Crippen molar-refractivity contribution in [3.63, 3.8) is 0 Å². The molecule has 0 aliphatic carbocycles. The molecule has 1 aromatic rings. The molecule has 4 amide bonds. The van der Waals surface area contributed by atoms with Gasteiger partial charge in [-0.15, -0.1) is 0 Å². The summed E-state index contributed by atoms with van der Waals surface area (Å²) < 4.78 is 0. The fourth-order valence-electron chi connectivity index (χ4n) is 4.10. The van der Waals surface area contributed by atoms with E-state index in [9.17, 15) is 19.2 Å². The maximum absolute atomic E-state index is 13.0. The predicted octanol–water partition coefficient (Wildman–Crippen LogP) is 1.13. The monoisotopic (exact) mass is 486 g/mol. The Morgan fingerprint density at radius 3 is 2.50 bits per heavy atom. The van der Waals surface area contributed by atoms with Crippen LogP contribution >= 0.6 is 0 Å². The average molecular weight is 487 g/mol. The Hall–Kier alpha value is -4.44. The van der Waals surface area contributed by atoms with Gasteiger partial charge in [0.2, 0.25) is 11.8 Å². The minimum atomic E-state index is -0.993. The summed E-state index contributed by atoms with van der Waals surface area (Å²) >= 11 is 0. The number of hydrogen-bond acceptors (Lipinski definition) is 8. The van der Waals surface area contributed by atoms with Gasteiger partial charge >= 0.3 is 0 Å². The molecule has 4 rings (SSSR count). The highest BCUT2D eigenvalue weighted by Gasteiger charge is 2.45. The zero-order valence-electron chi connectivity index (χ0n) is 20.3.